The Morgan fingerprint density at radius 1 is 0.870 bits per heavy atom. The van der Waals surface area contributed by atoms with Gasteiger partial charge in [0.25, 0.3) is 0 Å². The summed E-state index contributed by atoms with van der Waals surface area (Å²) in [7, 11) is 0. The Bertz CT molecular complexity index is 745. The van der Waals surface area contributed by atoms with Crippen LogP contribution in [-0.2, 0) is 6.18 Å². The molecule has 0 atom stereocenters. The number of nitrogens with one attached hydrogen (secondary N) is 2. The van der Waals surface area contributed by atoms with Gasteiger partial charge >= 0.3 is 18.2 Å². The Morgan fingerprint density at radius 2 is 1.39 bits per heavy atom. The van der Waals surface area contributed by atoms with Crippen LogP contribution >= 0.6 is 0 Å². The number of hydrogen-bond donors (Lipinski definition) is 3. The number of aromatic carboxylic acids is 1. The first-order valence-electron chi connectivity index (χ1n) is 6.35. The first kappa shape index (κ1) is 16.3. The summed E-state index contributed by atoms with van der Waals surface area (Å²) in [5.74, 6) is -1.27. The van der Waals surface area contributed by atoms with E-state index >= 15 is 0 Å². The molecule has 0 fully saturated rings. The Kier molecular flexibility index (Phi) is 4.54. The van der Waals surface area contributed by atoms with Crippen molar-refractivity contribution in [3.8, 4) is 0 Å². The Hall–Kier alpha value is -3.03. The first-order chi connectivity index (χ1) is 10.8. The number of hydrogen-bond acceptors (Lipinski definition) is 2. The van der Waals surface area contributed by atoms with Crippen molar-refractivity contribution >= 4 is 23.4 Å². The van der Waals surface area contributed by atoms with Crippen LogP contribution in [0.5, 0.6) is 0 Å². The second kappa shape index (κ2) is 6.39. The maximum absolute atomic E-state index is 12.8. The third-order valence-electron chi connectivity index (χ3n) is 2.89. The molecule has 0 aliphatic heterocycles. The van der Waals surface area contributed by atoms with Gasteiger partial charge in [-0.05, 0) is 24.3 Å². The van der Waals surface area contributed by atoms with Crippen LogP contribution in [0.4, 0.5) is 29.3 Å². The largest absolute Gasteiger partial charge is 0.478 e. The van der Waals surface area contributed by atoms with Crippen LogP contribution in [0.1, 0.15) is 15.9 Å². The van der Waals surface area contributed by atoms with Gasteiger partial charge in [-0.1, -0.05) is 24.3 Å². The number of para-hydroxylation sites is 2. The zero-order valence-corrected chi connectivity index (χ0v) is 11.5. The van der Waals surface area contributed by atoms with Gasteiger partial charge in [-0.2, -0.15) is 13.2 Å². The third kappa shape index (κ3) is 4.00. The van der Waals surface area contributed by atoms with Crippen molar-refractivity contribution in [2.75, 3.05) is 10.6 Å². The molecule has 5 nitrogen and oxygen atoms in total. The van der Waals surface area contributed by atoms with E-state index in [4.69, 9.17) is 5.11 Å². The summed E-state index contributed by atoms with van der Waals surface area (Å²) in [5.41, 5.74) is -1.62. The fourth-order valence-electron chi connectivity index (χ4n) is 1.89. The lowest BCUT2D eigenvalue weighted by atomic mass is 10.1. The number of carbonyl (C=O) groups is 2. The van der Waals surface area contributed by atoms with E-state index in [1.807, 2.05) is 0 Å². The molecule has 0 saturated carbocycles. The highest BCUT2D eigenvalue weighted by Gasteiger charge is 2.33. The number of amides is 2. The molecule has 8 heteroatoms. The van der Waals surface area contributed by atoms with E-state index in [9.17, 15) is 22.8 Å². The lowest BCUT2D eigenvalue weighted by Crippen LogP contribution is -2.23. The molecule has 0 radical (unpaired) electrons. The molecule has 0 aliphatic carbocycles. The van der Waals surface area contributed by atoms with Crippen LogP contribution in [0, 0.1) is 0 Å². The molecular weight excluding hydrogens is 313 g/mol. The smallest absolute Gasteiger partial charge is 0.418 e. The van der Waals surface area contributed by atoms with Crippen LogP contribution in [-0.4, -0.2) is 17.1 Å². The molecule has 0 saturated heterocycles. The minimum Gasteiger partial charge on any atom is -0.478 e. The highest BCUT2D eigenvalue weighted by atomic mass is 19.4. The molecule has 0 heterocycles. The highest BCUT2D eigenvalue weighted by Crippen LogP contribution is 2.34. The quantitative estimate of drug-likeness (QED) is 0.797. The molecule has 120 valence electrons. The summed E-state index contributed by atoms with van der Waals surface area (Å²) in [5, 5.41) is 13.3. The number of rotatable bonds is 3. The number of benzene rings is 2. The fraction of sp³-hybridized carbons (Fsp3) is 0.0667. The average Bonchev–Trinajstić information content (AvgIpc) is 2.47. The zero-order valence-electron chi connectivity index (χ0n) is 11.5. The van der Waals surface area contributed by atoms with Gasteiger partial charge in [-0.25, -0.2) is 9.59 Å². The molecule has 2 amide bonds. The Morgan fingerprint density at radius 3 is 2.00 bits per heavy atom. The summed E-state index contributed by atoms with van der Waals surface area (Å²) >= 11 is 0. The van der Waals surface area contributed by atoms with Gasteiger partial charge < -0.3 is 15.7 Å². The maximum Gasteiger partial charge on any atom is 0.418 e. The van der Waals surface area contributed by atoms with Crippen LogP contribution in [0.15, 0.2) is 48.5 Å². The van der Waals surface area contributed by atoms with Crippen LogP contribution in [0.25, 0.3) is 0 Å². The molecule has 0 aliphatic rings. The van der Waals surface area contributed by atoms with E-state index in [0.717, 1.165) is 12.1 Å². The molecule has 3 N–H and O–H groups in total. The van der Waals surface area contributed by atoms with Gasteiger partial charge in [-0.3, -0.25) is 0 Å². The van der Waals surface area contributed by atoms with E-state index in [-0.39, 0.29) is 11.3 Å². The number of urea groups is 1. The predicted molar refractivity (Wildman–Crippen MR) is 77.5 cm³/mol. The van der Waals surface area contributed by atoms with Gasteiger partial charge in [0.05, 0.1) is 22.5 Å². The second-order valence-electron chi connectivity index (χ2n) is 4.47. The van der Waals surface area contributed by atoms with Crippen LogP contribution in [0.2, 0.25) is 0 Å². The molecule has 2 aromatic carbocycles. The lowest BCUT2D eigenvalue weighted by Gasteiger charge is -2.14. The summed E-state index contributed by atoms with van der Waals surface area (Å²) in [6.07, 6.45) is -4.62. The van der Waals surface area contributed by atoms with E-state index in [1.165, 1.54) is 36.4 Å². The standard InChI is InChI=1S/C15H11F3N2O3/c16-15(17,18)10-6-2-4-8-12(10)20-14(23)19-11-7-3-1-5-9(11)13(21)22/h1-8H,(H,21,22)(H2,19,20,23). The molecule has 0 aromatic heterocycles. The summed E-state index contributed by atoms with van der Waals surface area (Å²) in [4.78, 5) is 22.9. The molecular formula is C15H11F3N2O3. The molecule has 0 spiro atoms. The van der Waals surface area contributed by atoms with Gasteiger partial charge in [0.2, 0.25) is 0 Å². The van der Waals surface area contributed by atoms with Crippen molar-refractivity contribution in [2.24, 2.45) is 0 Å². The zero-order chi connectivity index (χ0) is 17.0. The predicted octanol–water partition coefficient (Wildman–Crippen LogP) is 4.05. The van der Waals surface area contributed by atoms with E-state index in [0.29, 0.717) is 0 Å². The SMILES string of the molecule is O=C(Nc1ccccc1C(=O)O)Nc1ccccc1C(F)(F)F. The summed E-state index contributed by atoms with van der Waals surface area (Å²) in [6.45, 7) is 0. The fourth-order valence-corrected chi connectivity index (χ4v) is 1.89. The summed E-state index contributed by atoms with van der Waals surface area (Å²) in [6, 6.07) is 9.06. The van der Waals surface area contributed by atoms with E-state index in [2.05, 4.69) is 10.6 Å². The lowest BCUT2D eigenvalue weighted by molar-refractivity contribution is -0.136. The van der Waals surface area contributed by atoms with Crippen molar-refractivity contribution in [2.45, 2.75) is 6.18 Å². The van der Waals surface area contributed by atoms with Crippen LogP contribution in [0.3, 0.4) is 0 Å². The second-order valence-corrected chi connectivity index (χ2v) is 4.47. The number of carboxylic acids is 1. The van der Waals surface area contributed by atoms with Crippen molar-refractivity contribution in [3.05, 3.63) is 59.7 Å². The van der Waals surface area contributed by atoms with Crippen molar-refractivity contribution in [3.63, 3.8) is 0 Å². The van der Waals surface area contributed by atoms with Crippen molar-refractivity contribution in [1.29, 1.82) is 0 Å². The van der Waals surface area contributed by atoms with Gasteiger partial charge in [0.15, 0.2) is 0 Å². The van der Waals surface area contributed by atoms with Gasteiger partial charge in [-0.15, -0.1) is 0 Å². The number of halogens is 3. The number of anilines is 2. The van der Waals surface area contributed by atoms with Gasteiger partial charge in [0, 0.05) is 0 Å². The van der Waals surface area contributed by atoms with Crippen molar-refractivity contribution < 1.29 is 27.9 Å². The van der Waals surface area contributed by atoms with E-state index in [1.54, 1.807) is 0 Å². The third-order valence-corrected chi connectivity index (χ3v) is 2.89. The monoisotopic (exact) mass is 324 g/mol. The minimum absolute atomic E-state index is 0.0259. The maximum atomic E-state index is 12.8. The normalized spacial score (nSPS) is 10.9. The minimum atomic E-state index is -4.62. The molecule has 0 unspecified atom stereocenters. The number of carboxylic acid groups (broad SMARTS) is 1. The highest BCUT2D eigenvalue weighted by molar-refractivity contribution is 6.04. The first-order valence-corrected chi connectivity index (χ1v) is 6.35. The number of alkyl halides is 3. The van der Waals surface area contributed by atoms with Crippen molar-refractivity contribution in [1.82, 2.24) is 0 Å². The molecule has 23 heavy (non-hydrogen) atoms. The number of carbonyl (C=O) groups excluding carboxylic acids is 1. The Balaban J connectivity index is 2.20. The van der Waals surface area contributed by atoms with Gasteiger partial charge in [0.1, 0.15) is 0 Å². The molecule has 2 aromatic rings. The Labute approximate surface area is 128 Å². The van der Waals surface area contributed by atoms with Crippen LogP contribution < -0.4 is 10.6 Å². The average molecular weight is 324 g/mol. The molecule has 2 rings (SSSR count). The molecule has 0 bridgehead atoms. The topological polar surface area (TPSA) is 78.4 Å². The van der Waals surface area contributed by atoms with E-state index < -0.39 is 29.4 Å². The summed E-state index contributed by atoms with van der Waals surface area (Å²) < 4.78 is 38.5.